The Morgan fingerprint density at radius 1 is 1.19 bits per heavy atom. The van der Waals surface area contributed by atoms with Crippen LogP contribution < -0.4 is 5.32 Å². The predicted octanol–water partition coefficient (Wildman–Crippen LogP) is 3.33. The van der Waals surface area contributed by atoms with Gasteiger partial charge in [-0.3, -0.25) is 4.79 Å². The molecule has 1 saturated heterocycles. The van der Waals surface area contributed by atoms with Crippen LogP contribution >= 0.6 is 0 Å². The lowest BCUT2D eigenvalue weighted by molar-refractivity contribution is 0.0914. The predicted molar refractivity (Wildman–Crippen MR) is 105 cm³/mol. The van der Waals surface area contributed by atoms with E-state index in [-0.39, 0.29) is 16.8 Å². The van der Waals surface area contributed by atoms with Crippen molar-refractivity contribution < 1.29 is 13.2 Å². The molecule has 0 radical (unpaired) electrons. The Labute approximate surface area is 162 Å². The second-order valence-electron chi connectivity index (χ2n) is 8.69. The summed E-state index contributed by atoms with van der Waals surface area (Å²) in [7, 11) is -3.51. The molecule has 1 aliphatic heterocycles. The van der Waals surface area contributed by atoms with Crippen LogP contribution in [-0.2, 0) is 10.0 Å². The number of hydrogen-bond acceptors (Lipinski definition) is 3. The Balaban J connectivity index is 1.51. The number of nitrogens with one attached hydrogen (secondary N) is 1. The molecular weight excluding hydrogens is 360 g/mol. The fourth-order valence-electron chi connectivity index (χ4n) is 5.38. The topological polar surface area (TPSA) is 66.5 Å². The lowest BCUT2D eigenvalue weighted by Crippen LogP contribution is -2.40. The number of rotatable bonds is 5. The fraction of sp³-hybridized carbons (Fsp3) is 0.667. The summed E-state index contributed by atoms with van der Waals surface area (Å²) >= 11 is 0. The number of fused-ring (bicyclic) bond motifs is 2. The molecule has 3 aliphatic rings. The van der Waals surface area contributed by atoms with E-state index >= 15 is 0 Å². The summed E-state index contributed by atoms with van der Waals surface area (Å²) in [6, 6.07) is 5.07. The van der Waals surface area contributed by atoms with Crippen molar-refractivity contribution in [2.45, 2.75) is 63.3 Å². The molecule has 3 fully saturated rings. The Morgan fingerprint density at radius 3 is 2.56 bits per heavy atom. The first-order chi connectivity index (χ1) is 12.9. The molecule has 1 N–H and O–H groups in total. The van der Waals surface area contributed by atoms with Crippen molar-refractivity contribution in [3.05, 3.63) is 29.3 Å². The summed E-state index contributed by atoms with van der Waals surface area (Å²) in [4.78, 5) is 13.1. The molecule has 27 heavy (non-hydrogen) atoms. The maximum atomic E-state index is 12.9. The molecule has 6 heteroatoms. The quantitative estimate of drug-likeness (QED) is 0.839. The van der Waals surface area contributed by atoms with Gasteiger partial charge >= 0.3 is 0 Å². The van der Waals surface area contributed by atoms with Crippen LogP contribution in [0.15, 0.2) is 23.1 Å². The van der Waals surface area contributed by atoms with E-state index in [4.69, 9.17) is 0 Å². The third-order valence-corrected chi connectivity index (χ3v) is 8.84. The molecule has 2 aliphatic carbocycles. The zero-order valence-electron chi connectivity index (χ0n) is 16.3. The van der Waals surface area contributed by atoms with Crippen LogP contribution in [0, 0.1) is 24.7 Å². The van der Waals surface area contributed by atoms with Gasteiger partial charge in [-0.25, -0.2) is 8.42 Å². The average molecular weight is 391 g/mol. The molecule has 0 aromatic heterocycles. The van der Waals surface area contributed by atoms with Crippen molar-refractivity contribution >= 4 is 15.9 Å². The van der Waals surface area contributed by atoms with Crippen LogP contribution in [0.1, 0.15) is 61.4 Å². The number of amides is 1. The number of aryl methyl sites for hydroxylation is 1. The molecule has 2 saturated carbocycles. The molecule has 4 rings (SSSR count). The molecule has 1 aromatic carbocycles. The van der Waals surface area contributed by atoms with Gasteiger partial charge in [-0.2, -0.15) is 4.31 Å². The van der Waals surface area contributed by atoms with Crippen LogP contribution in [0.4, 0.5) is 0 Å². The summed E-state index contributed by atoms with van der Waals surface area (Å²) in [6.45, 7) is 5.10. The minimum absolute atomic E-state index is 0.131. The zero-order valence-corrected chi connectivity index (χ0v) is 17.1. The second-order valence-corrected chi connectivity index (χ2v) is 10.6. The first kappa shape index (κ1) is 18.9. The molecule has 148 valence electrons. The van der Waals surface area contributed by atoms with E-state index in [9.17, 15) is 13.2 Å². The van der Waals surface area contributed by atoms with Gasteiger partial charge in [0.05, 0.1) is 4.90 Å². The number of hydrogen-bond donors (Lipinski definition) is 1. The van der Waals surface area contributed by atoms with E-state index in [1.54, 1.807) is 18.2 Å². The number of carbonyl (C=O) groups excluding carboxylic acids is 1. The Bertz CT molecular complexity index is 830. The van der Waals surface area contributed by atoms with Gasteiger partial charge in [0.15, 0.2) is 0 Å². The van der Waals surface area contributed by atoms with E-state index < -0.39 is 10.0 Å². The normalized spacial score (nSPS) is 29.2. The van der Waals surface area contributed by atoms with Crippen LogP contribution in [0.3, 0.4) is 0 Å². The van der Waals surface area contributed by atoms with Crippen molar-refractivity contribution in [2.75, 3.05) is 13.1 Å². The summed E-state index contributed by atoms with van der Waals surface area (Å²) in [6.07, 6.45) is 6.97. The lowest BCUT2D eigenvalue weighted by atomic mass is 9.84. The maximum absolute atomic E-state index is 12.9. The highest BCUT2D eigenvalue weighted by Crippen LogP contribution is 2.49. The highest BCUT2D eigenvalue weighted by molar-refractivity contribution is 7.89. The third kappa shape index (κ3) is 3.54. The molecule has 0 spiro atoms. The lowest BCUT2D eigenvalue weighted by Gasteiger charge is -2.28. The maximum Gasteiger partial charge on any atom is 0.251 e. The molecule has 5 nitrogen and oxygen atoms in total. The van der Waals surface area contributed by atoms with E-state index in [1.165, 1.54) is 30.0 Å². The summed E-state index contributed by atoms with van der Waals surface area (Å²) in [5.41, 5.74) is 1.29. The summed E-state index contributed by atoms with van der Waals surface area (Å²) in [5.74, 6) is 1.99. The minimum atomic E-state index is -3.51. The standard InChI is InChI=1S/C21H30N2O3S/c1-14-5-8-18(27(25,26)23-9-3-4-10-23)13-19(14)21(24)22-15(2)20-12-16-6-7-17(20)11-16/h5,8,13,15-17,20H,3-4,6-7,9-12H2,1-2H3,(H,22,24)/t15-,16-,17-,20+/m1/s1. The minimum Gasteiger partial charge on any atom is -0.349 e. The first-order valence-electron chi connectivity index (χ1n) is 10.3. The van der Waals surface area contributed by atoms with Crippen molar-refractivity contribution in [3.63, 3.8) is 0 Å². The van der Waals surface area contributed by atoms with E-state index in [0.29, 0.717) is 24.6 Å². The average Bonchev–Trinajstić information content (AvgIpc) is 3.39. The molecule has 0 unspecified atom stereocenters. The second kappa shape index (κ2) is 7.21. The van der Waals surface area contributed by atoms with E-state index in [2.05, 4.69) is 12.2 Å². The highest BCUT2D eigenvalue weighted by atomic mass is 32.2. The Morgan fingerprint density at radius 2 is 1.93 bits per heavy atom. The van der Waals surface area contributed by atoms with Gasteiger partial charge in [0.2, 0.25) is 10.0 Å². The smallest absolute Gasteiger partial charge is 0.251 e. The Kier molecular flexibility index (Phi) is 5.06. The monoisotopic (exact) mass is 390 g/mol. The molecule has 1 amide bonds. The van der Waals surface area contributed by atoms with Gasteiger partial charge in [-0.05, 0) is 81.4 Å². The van der Waals surface area contributed by atoms with Gasteiger partial charge in [-0.1, -0.05) is 12.5 Å². The highest BCUT2D eigenvalue weighted by Gasteiger charge is 2.42. The van der Waals surface area contributed by atoms with Gasteiger partial charge in [0, 0.05) is 24.7 Å². The van der Waals surface area contributed by atoms with Crippen LogP contribution in [0.25, 0.3) is 0 Å². The van der Waals surface area contributed by atoms with Crippen molar-refractivity contribution in [1.82, 2.24) is 9.62 Å². The van der Waals surface area contributed by atoms with Gasteiger partial charge in [-0.15, -0.1) is 0 Å². The zero-order chi connectivity index (χ0) is 19.2. The van der Waals surface area contributed by atoms with Crippen LogP contribution in [-0.4, -0.2) is 37.8 Å². The summed E-state index contributed by atoms with van der Waals surface area (Å²) < 4.78 is 27.2. The SMILES string of the molecule is Cc1ccc(S(=O)(=O)N2CCCC2)cc1C(=O)N[C@H](C)[C@@H]1C[C@@H]2CC[C@@H]1C2. The number of nitrogens with zero attached hydrogens (tertiary/aromatic N) is 1. The van der Waals surface area contributed by atoms with Crippen LogP contribution in [0.5, 0.6) is 0 Å². The third-order valence-electron chi connectivity index (χ3n) is 6.95. The summed E-state index contributed by atoms with van der Waals surface area (Å²) in [5, 5.41) is 3.16. The van der Waals surface area contributed by atoms with Gasteiger partial charge in [0.25, 0.3) is 5.91 Å². The Hall–Kier alpha value is -1.40. The molecule has 1 heterocycles. The molecule has 1 aromatic rings. The largest absolute Gasteiger partial charge is 0.349 e. The van der Waals surface area contributed by atoms with Crippen LogP contribution in [0.2, 0.25) is 0 Å². The van der Waals surface area contributed by atoms with Crippen molar-refractivity contribution in [1.29, 1.82) is 0 Å². The number of benzene rings is 1. The van der Waals surface area contributed by atoms with Crippen molar-refractivity contribution in [2.24, 2.45) is 17.8 Å². The molecule has 2 bridgehead atoms. The van der Waals surface area contributed by atoms with Crippen molar-refractivity contribution in [3.8, 4) is 0 Å². The first-order valence-corrected chi connectivity index (χ1v) is 11.7. The van der Waals surface area contributed by atoms with E-state index in [0.717, 1.165) is 30.2 Å². The van der Waals surface area contributed by atoms with Gasteiger partial charge < -0.3 is 5.32 Å². The number of sulfonamides is 1. The van der Waals surface area contributed by atoms with E-state index in [1.807, 2.05) is 6.92 Å². The number of carbonyl (C=O) groups is 1. The van der Waals surface area contributed by atoms with Gasteiger partial charge in [0.1, 0.15) is 0 Å². The fourth-order valence-corrected chi connectivity index (χ4v) is 6.93. The molecular formula is C21H30N2O3S. The molecule has 4 atom stereocenters.